The van der Waals surface area contributed by atoms with Gasteiger partial charge in [0.2, 0.25) is 0 Å². The summed E-state index contributed by atoms with van der Waals surface area (Å²) in [5, 5.41) is 0. The first kappa shape index (κ1) is 14.1. The van der Waals surface area contributed by atoms with Gasteiger partial charge in [0.15, 0.2) is 0 Å². The SMILES string of the molecule is CCOC(CN)COCCCc1ccncc1. The minimum Gasteiger partial charge on any atom is -0.379 e. The van der Waals surface area contributed by atoms with E-state index >= 15 is 0 Å². The second kappa shape index (κ2) is 9.10. The van der Waals surface area contributed by atoms with Gasteiger partial charge in [-0.05, 0) is 37.5 Å². The van der Waals surface area contributed by atoms with E-state index in [4.69, 9.17) is 15.2 Å². The molecule has 17 heavy (non-hydrogen) atoms. The second-order valence-corrected chi connectivity index (χ2v) is 3.85. The molecule has 0 aliphatic rings. The molecule has 2 N–H and O–H groups in total. The Morgan fingerprint density at radius 3 is 2.76 bits per heavy atom. The smallest absolute Gasteiger partial charge is 0.0930 e. The summed E-state index contributed by atoms with van der Waals surface area (Å²) >= 11 is 0. The fraction of sp³-hybridized carbons (Fsp3) is 0.615. The highest BCUT2D eigenvalue weighted by Crippen LogP contribution is 2.01. The van der Waals surface area contributed by atoms with E-state index in [1.165, 1.54) is 5.56 Å². The predicted molar refractivity (Wildman–Crippen MR) is 67.8 cm³/mol. The fourth-order valence-electron chi connectivity index (χ4n) is 1.56. The van der Waals surface area contributed by atoms with Crippen LogP contribution in [0.1, 0.15) is 18.9 Å². The first-order chi connectivity index (χ1) is 8.36. The van der Waals surface area contributed by atoms with Crippen LogP contribution in [0.15, 0.2) is 24.5 Å². The van der Waals surface area contributed by atoms with Crippen LogP contribution in [0, 0.1) is 0 Å². The molecule has 0 aliphatic carbocycles. The summed E-state index contributed by atoms with van der Waals surface area (Å²) < 4.78 is 10.9. The Hall–Kier alpha value is -0.970. The molecule has 4 nitrogen and oxygen atoms in total. The molecule has 0 fully saturated rings. The lowest BCUT2D eigenvalue weighted by atomic mass is 10.1. The minimum absolute atomic E-state index is 0.0286. The van der Waals surface area contributed by atoms with Crippen molar-refractivity contribution < 1.29 is 9.47 Å². The van der Waals surface area contributed by atoms with Gasteiger partial charge in [0.1, 0.15) is 0 Å². The zero-order chi connectivity index (χ0) is 12.3. The highest BCUT2D eigenvalue weighted by molar-refractivity contribution is 5.09. The Bertz CT molecular complexity index is 280. The molecule has 0 saturated carbocycles. The molecule has 0 aromatic carbocycles. The number of nitrogens with zero attached hydrogens (tertiary/aromatic N) is 1. The summed E-state index contributed by atoms with van der Waals surface area (Å²) in [7, 11) is 0. The molecule has 0 amide bonds. The number of hydrogen-bond acceptors (Lipinski definition) is 4. The van der Waals surface area contributed by atoms with Gasteiger partial charge in [-0.15, -0.1) is 0 Å². The lowest BCUT2D eigenvalue weighted by Gasteiger charge is -2.14. The van der Waals surface area contributed by atoms with Crippen molar-refractivity contribution in [2.75, 3.05) is 26.4 Å². The molecule has 1 rings (SSSR count). The molecule has 1 heterocycles. The zero-order valence-electron chi connectivity index (χ0n) is 10.5. The molecule has 1 atom stereocenters. The van der Waals surface area contributed by atoms with E-state index in [0.29, 0.717) is 19.8 Å². The molecule has 1 unspecified atom stereocenters. The number of hydrogen-bond donors (Lipinski definition) is 1. The van der Waals surface area contributed by atoms with E-state index in [1.807, 2.05) is 31.5 Å². The maximum Gasteiger partial charge on any atom is 0.0930 e. The molecule has 0 bridgehead atoms. The van der Waals surface area contributed by atoms with Crippen LogP contribution in [0.5, 0.6) is 0 Å². The van der Waals surface area contributed by atoms with Gasteiger partial charge in [-0.2, -0.15) is 0 Å². The topological polar surface area (TPSA) is 57.4 Å². The van der Waals surface area contributed by atoms with Crippen LogP contribution in [0.4, 0.5) is 0 Å². The van der Waals surface area contributed by atoms with E-state index in [-0.39, 0.29) is 6.10 Å². The molecular weight excluding hydrogens is 216 g/mol. The van der Waals surface area contributed by atoms with Crippen molar-refractivity contribution in [3.63, 3.8) is 0 Å². The molecule has 1 aromatic rings. The summed E-state index contributed by atoms with van der Waals surface area (Å²) in [5.74, 6) is 0. The molecule has 96 valence electrons. The monoisotopic (exact) mass is 238 g/mol. The minimum atomic E-state index is 0.0286. The van der Waals surface area contributed by atoms with Crippen LogP contribution in [-0.4, -0.2) is 37.5 Å². The van der Waals surface area contributed by atoms with Gasteiger partial charge >= 0.3 is 0 Å². The van der Waals surface area contributed by atoms with Gasteiger partial charge in [0.05, 0.1) is 12.7 Å². The Balaban J connectivity index is 2.04. The van der Waals surface area contributed by atoms with Gasteiger partial charge in [0, 0.05) is 32.2 Å². The van der Waals surface area contributed by atoms with E-state index in [2.05, 4.69) is 4.98 Å². The van der Waals surface area contributed by atoms with Gasteiger partial charge in [0.25, 0.3) is 0 Å². The molecular formula is C13H22N2O2. The lowest BCUT2D eigenvalue weighted by molar-refractivity contribution is -0.00691. The van der Waals surface area contributed by atoms with Gasteiger partial charge in [-0.25, -0.2) is 0 Å². The molecule has 4 heteroatoms. The van der Waals surface area contributed by atoms with E-state index in [9.17, 15) is 0 Å². The quantitative estimate of drug-likeness (QED) is 0.661. The van der Waals surface area contributed by atoms with Crippen LogP contribution in [0.25, 0.3) is 0 Å². The Morgan fingerprint density at radius 2 is 2.12 bits per heavy atom. The number of aryl methyl sites for hydroxylation is 1. The third-order valence-corrected chi connectivity index (χ3v) is 2.47. The first-order valence-electron chi connectivity index (χ1n) is 6.15. The molecule has 0 spiro atoms. The van der Waals surface area contributed by atoms with Crippen LogP contribution < -0.4 is 5.73 Å². The number of rotatable bonds is 9. The number of aromatic nitrogens is 1. The van der Waals surface area contributed by atoms with Crippen molar-refractivity contribution >= 4 is 0 Å². The predicted octanol–water partition coefficient (Wildman–Crippen LogP) is 1.39. The molecule has 1 aromatic heterocycles. The summed E-state index contributed by atoms with van der Waals surface area (Å²) in [6.45, 7) is 4.49. The van der Waals surface area contributed by atoms with Crippen molar-refractivity contribution in [1.29, 1.82) is 0 Å². The molecule has 0 saturated heterocycles. The Morgan fingerprint density at radius 1 is 1.35 bits per heavy atom. The third kappa shape index (κ3) is 6.36. The van der Waals surface area contributed by atoms with Crippen LogP contribution >= 0.6 is 0 Å². The number of pyridine rings is 1. The first-order valence-corrected chi connectivity index (χ1v) is 6.15. The zero-order valence-corrected chi connectivity index (χ0v) is 10.5. The van der Waals surface area contributed by atoms with Gasteiger partial charge in [-0.3, -0.25) is 4.98 Å². The second-order valence-electron chi connectivity index (χ2n) is 3.85. The van der Waals surface area contributed by atoms with E-state index in [0.717, 1.165) is 19.4 Å². The van der Waals surface area contributed by atoms with Crippen molar-refractivity contribution in [1.82, 2.24) is 4.98 Å². The van der Waals surface area contributed by atoms with Crippen LogP contribution in [-0.2, 0) is 15.9 Å². The highest BCUT2D eigenvalue weighted by atomic mass is 16.5. The normalized spacial score (nSPS) is 12.6. The maximum atomic E-state index is 5.55. The molecule has 0 aliphatic heterocycles. The molecule has 0 radical (unpaired) electrons. The van der Waals surface area contributed by atoms with Gasteiger partial charge in [-0.1, -0.05) is 0 Å². The standard InChI is InChI=1S/C13H22N2O2/c1-2-17-13(10-14)11-16-9-3-4-12-5-7-15-8-6-12/h5-8,13H,2-4,9-11,14H2,1H3. The van der Waals surface area contributed by atoms with Crippen LogP contribution in [0.3, 0.4) is 0 Å². The fourth-order valence-corrected chi connectivity index (χ4v) is 1.56. The Kier molecular flexibility index (Phi) is 7.54. The van der Waals surface area contributed by atoms with Crippen molar-refractivity contribution in [2.24, 2.45) is 5.73 Å². The number of ether oxygens (including phenoxy) is 2. The van der Waals surface area contributed by atoms with Gasteiger partial charge < -0.3 is 15.2 Å². The lowest BCUT2D eigenvalue weighted by Crippen LogP contribution is -2.29. The average Bonchev–Trinajstić information content (AvgIpc) is 2.38. The summed E-state index contributed by atoms with van der Waals surface area (Å²) in [5.41, 5.74) is 6.85. The summed E-state index contributed by atoms with van der Waals surface area (Å²) in [4.78, 5) is 3.98. The van der Waals surface area contributed by atoms with Crippen LogP contribution in [0.2, 0.25) is 0 Å². The Labute approximate surface area is 103 Å². The van der Waals surface area contributed by atoms with Crippen molar-refractivity contribution in [2.45, 2.75) is 25.9 Å². The van der Waals surface area contributed by atoms with E-state index < -0.39 is 0 Å². The van der Waals surface area contributed by atoms with E-state index in [1.54, 1.807) is 0 Å². The number of nitrogens with two attached hydrogens (primary N) is 1. The summed E-state index contributed by atoms with van der Waals surface area (Å²) in [6, 6.07) is 4.06. The summed E-state index contributed by atoms with van der Waals surface area (Å²) in [6.07, 6.45) is 5.68. The maximum absolute atomic E-state index is 5.55. The van der Waals surface area contributed by atoms with Crippen molar-refractivity contribution in [3.8, 4) is 0 Å². The van der Waals surface area contributed by atoms with Crippen molar-refractivity contribution in [3.05, 3.63) is 30.1 Å². The largest absolute Gasteiger partial charge is 0.379 e. The highest BCUT2D eigenvalue weighted by Gasteiger charge is 2.05. The third-order valence-electron chi connectivity index (χ3n) is 2.47. The average molecular weight is 238 g/mol.